The Hall–Kier alpha value is -1.63. The van der Waals surface area contributed by atoms with Crippen LogP contribution >= 0.6 is 12.4 Å². The Balaban J connectivity index is 0.00000225. The van der Waals surface area contributed by atoms with Crippen molar-refractivity contribution in [2.75, 3.05) is 25.0 Å². The van der Waals surface area contributed by atoms with Crippen molar-refractivity contribution in [1.82, 2.24) is 10.2 Å². The maximum atomic E-state index is 12.5. The number of β-amino-alcohol motifs (C(OH)–C–C–N with tert-alkyl or cyclic N) is 1. The fraction of sp³-hybridized carbons (Fsp3) is 0.556. The third kappa shape index (κ3) is 4.93. The number of aliphatic hydroxyl groups is 1. The van der Waals surface area contributed by atoms with E-state index < -0.39 is 6.10 Å². The van der Waals surface area contributed by atoms with E-state index in [9.17, 15) is 14.7 Å². The highest BCUT2D eigenvalue weighted by Crippen LogP contribution is 2.19. The second-order valence-corrected chi connectivity index (χ2v) is 6.89. The number of nitrogens with zero attached hydrogens (tertiary/aromatic N) is 1. The predicted molar refractivity (Wildman–Crippen MR) is 99.0 cm³/mol. The summed E-state index contributed by atoms with van der Waals surface area (Å²) in [6, 6.07) is 6.66. The van der Waals surface area contributed by atoms with Crippen molar-refractivity contribution in [3.05, 3.63) is 29.8 Å². The first kappa shape index (κ1) is 19.7. The highest BCUT2D eigenvalue weighted by Gasteiger charge is 2.28. The van der Waals surface area contributed by atoms with Crippen molar-refractivity contribution in [2.24, 2.45) is 5.92 Å². The molecule has 25 heavy (non-hydrogen) atoms. The lowest BCUT2D eigenvalue weighted by molar-refractivity contribution is -0.117. The smallest absolute Gasteiger partial charge is 0.253 e. The first-order chi connectivity index (χ1) is 11.5. The summed E-state index contributed by atoms with van der Waals surface area (Å²) in [6.45, 7) is 4.29. The second kappa shape index (κ2) is 8.65. The highest BCUT2D eigenvalue weighted by molar-refractivity contribution is 5.97. The van der Waals surface area contributed by atoms with E-state index in [2.05, 4.69) is 17.6 Å². The van der Waals surface area contributed by atoms with Gasteiger partial charge < -0.3 is 20.6 Å². The number of likely N-dealkylation sites (tertiary alicyclic amines) is 1. The summed E-state index contributed by atoms with van der Waals surface area (Å²) in [7, 11) is 0. The Morgan fingerprint density at radius 2 is 1.84 bits per heavy atom. The molecule has 138 valence electrons. The molecule has 2 amide bonds. The molecule has 7 heteroatoms. The van der Waals surface area contributed by atoms with Crippen molar-refractivity contribution in [3.63, 3.8) is 0 Å². The van der Waals surface area contributed by atoms with Crippen molar-refractivity contribution < 1.29 is 14.7 Å². The van der Waals surface area contributed by atoms with E-state index >= 15 is 0 Å². The number of carbonyl (C=O) groups excluding carboxylic acids is 2. The van der Waals surface area contributed by atoms with Gasteiger partial charge in [-0.2, -0.15) is 0 Å². The number of rotatable bonds is 3. The Labute approximate surface area is 154 Å². The summed E-state index contributed by atoms with van der Waals surface area (Å²) < 4.78 is 0. The number of anilines is 1. The average Bonchev–Trinajstić information content (AvgIpc) is 3.02. The highest BCUT2D eigenvalue weighted by atomic mass is 35.5. The Bertz CT molecular complexity index is 600. The van der Waals surface area contributed by atoms with E-state index in [4.69, 9.17) is 0 Å². The van der Waals surface area contributed by atoms with Gasteiger partial charge in [0, 0.05) is 30.9 Å². The largest absolute Gasteiger partial charge is 0.392 e. The average molecular weight is 368 g/mol. The van der Waals surface area contributed by atoms with Crippen LogP contribution in [0.1, 0.15) is 36.5 Å². The zero-order valence-electron chi connectivity index (χ0n) is 14.4. The lowest BCUT2D eigenvalue weighted by Gasteiger charge is -2.30. The molecule has 2 saturated heterocycles. The normalized spacial score (nSPS) is 23.8. The van der Waals surface area contributed by atoms with Gasteiger partial charge in [0.1, 0.15) is 0 Å². The predicted octanol–water partition coefficient (Wildman–Crippen LogP) is 1.64. The van der Waals surface area contributed by atoms with E-state index in [1.165, 1.54) is 0 Å². The van der Waals surface area contributed by atoms with Gasteiger partial charge in [0.15, 0.2) is 0 Å². The standard InChI is InChI=1S/C18H25N3O3.ClH/c1-12-6-8-21(9-7-12)18(24)13-2-4-14(5-3-13)20-17(23)16-10-15(22)11-19-16;/h2-5,12,15-16,19,22H,6-11H2,1H3,(H,20,23);1H. The molecule has 2 atom stereocenters. The molecule has 0 bridgehead atoms. The number of piperidine rings is 1. The summed E-state index contributed by atoms with van der Waals surface area (Å²) >= 11 is 0. The third-order valence-corrected chi connectivity index (χ3v) is 4.89. The van der Waals surface area contributed by atoms with E-state index in [0.717, 1.165) is 25.9 Å². The minimum absolute atomic E-state index is 0. The van der Waals surface area contributed by atoms with Crippen molar-refractivity contribution >= 4 is 29.9 Å². The summed E-state index contributed by atoms with van der Waals surface area (Å²) in [6.07, 6.45) is 2.07. The fourth-order valence-corrected chi connectivity index (χ4v) is 3.24. The molecule has 2 unspecified atom stereocenters. The minimum Gasteiger partial charge on any atom is -0.392 e. The van der Waals surface area contributed by atoms with E-state index in [0.29, 0.717) is 30.1 Å². The van der Waals surface area contributed by atoms with Crippen LogP contribution < -0.4 is 10.6 Å². The van der Waals surface area contributed by atoms with Gasteiger partial charge in [0.05, 0.1) is 12.1 Å². The number of aliphatic hydroxyl groups excluding tert-OH is 1. The van der Waals surface area contributed by atoms with Crippen LogP contribution in [-0.2, 0) is 4.79 Å². The van der Waals surface area contributed by atoms with Gasteiger partial charge in [-0.1, -0.05) is 6.92 Å². The van der Waals surface area contributed by atoms with Crippen LogP contribution in [0.3, 0.4) is 0 Å². The topological polar surface area (TPSA) is 81.7 Å². The molecule has 2 heterocycles. The maximum Gasteiger partial charge on any atom is 0.253 e. The molecule has 3 rings (SSSR count). The molecule has 3 N–H and O–H groups in total. The summed E-state index contributed by atoms with van der Waals surface area (Å²) in [5.74, 6) is 0.588. The first-order valence-electron chi connectivity index (χ1n) is 8.64. The van der Waals surface area contributed by atoms with Crippen LogP contribution in [0.2, 0.25) is 0 Å². The van der Waals surface area contributed by atoms with Crippen LogP contribution in [0.25, 0.3) is 0 Å². The molecule has 1 aromatic rings. The minimum atomic E-state index is -0.465. The first-order valence-corrected chi connectivity index (χ1v) is 8.64. The summed E-state index contributed by atoms with van der Waals surface area (Å²) in [5.41, 5.74) is 1.31. The Morgan fingerprint density at radius 1 is 1.20 bits per heavy atom. The van der Waals surface area contributed by atoms with Crippen molar-refractivity contribution in [1.29, 1.82) is 0 Å². The van der Waals surface area contributed by atoms with Crippen LogP contribution in [0.4, 0.5) is 5.69 Å². The second-order valence-electron chi connectivity index (χ2n) is 6.89. The molecule has 0 saturated carbocycles. The van der Waals surface area contributed by atoms with Gasteiger partial charge in [0.2, 0.25) is 5.91 Å². The van der Waals surface area contributed by atoms with Gasteiger partial charge in [-0.15, -0.1) is 12.4 Å². The molecule has 0 aromatic heterocycles. The summed E-state index contributed by atoms with van der Waals surface area (Å²) in [5, 5.41) is 15.3. The molecule has 0 spiro atoms. The zero-order valence-corrected chi connectivity index (χ0v) is 15.2. The lowest BCUT2D eigenvalue weighted by atomic mass is 9.98. The molecule has 1 aromatic carbocycles. The molecular formula is C18H26ClN3O3. The Kier molecular flexibility index (Phi) is 6.81. The van der Waals surface area contributed by atoms with Gasteiger partial charge in [-0.25, -0.2) is 0 Å². The zero-order chi connectivity index (χ0) is 17.1. The fourth-order valence-electron chi connectivity index (χ4n) is 3.24. The number of nitrogens with one attached hydrogen (secondary N) is 2. The number of benzene rings is 1. The number of hydrogen-bond donors (Lipinski definition) is 3. The summed E-state index contributed by atoms with van der Waals surface area (Å²) in [4.78, 5) is 26.5. The van der Waals surface area contributed by atoms with E-state index in [1.54, 1.807) is 24.3 Å². The van der Waals surface area contributed by atoms with Gasteiger partial charge >= 0.3 is 0 Å². The van der Waals surface area contributed by atoms with Crippen LogP contribution in [0, 0.1) is 5.92 Å². The molecule has 0 aliphatic carbocycles. The molecular weight excluding hydrogens is 342 g/mol. The van der Waals surface area contributed by atoms with Gasteiger partial charge in [0.25, 0.3) is 5.91 Å². The van der Waals surface area contributed by atoms with E-state index in [1.807, 2.05) is 4.90 Å². The number of halogens is 1. The number of amides is 2. The SMILES string of the molecule is CC1CCN(C(=O)c2ccc(NC(=O)C3CC(O)CN3)cc2)CC1.Cl. The van der Waals surface area contributed by atoms with Gasteiger partial charge in [-0.05, 0) is 49.4 Å². The molecule has 2 aliphatic heterocycles. The van der Waals surface area contributed by atoms with Crippen molar-refractivity contribution in [3.8, 4) is 0 Å². The Morgan fingerprint density at radius 3 is 2.40 bits per heavy atom. The quantitative estimate of drug-likeness (QED) is 0.758. The van der Waals surface area contributed by atoms with Gasteiger partial charge in [-0.3, -0.25) is 9.59 Å². The molecule has 2 fully saturated rings. The van der Waals surface area contributed by atoms with Crippen LogP contribution in [0.5, 0.6) is 0 Å². The molecule has 0 radical (unpaired) electrons. The third-order valence-electron chi connectivity index (χ3n) is 4.89. The molecule has 6 nitrogen and oxygen atoms in total. The van der Waals surface area contributed by atoms with Crippen LogP contribution in [0.15, 0.2) is 24.3 Å². The number of hydrogen-bond acceptors (Lipinski definition) is 4. The van der Waals surface area contributed by atoms with Crippen molar-refractivity contribution in [2.45, 2.75) is 38.3 Å². The van der Waals surface area contributed by atoms with Crippen LogP contribution in [-0.4, -0.2) is 53.6 Å². The van der Waals surface area contributed by atoms with E-state index in [-0.39, 0.29) is 30.3 Å². The maximum absolute atomic E-state index is 12.5. The molecule has 2 aliphatic rings. The number of carbonyl (C=O) groups is 2. The lowest BCUT2D eigenvalue weighted by Crippen LogP contribution is -2.38. The monoisotopic (exact) mass is 367 g/mol.